The quantitative estimate of drug-likeness (QED) is 0.611. The number of carbonyl (C=O) groups excluding carboxylic acids is 2. The van der Waals surface area contributed by atoms with Gasteiger partial charge in [-0.25, -0.2) is 5.01 Å². The van der Waals surface area contributed by atoms with E-state index in [1.165, 1.54) is 5.01 Å². The Bertz CT molecular complexity index is 1280. The highest BCUT2D eigenvalue weighted by Crippen LogP contribution is 2.42. The highest BCUT2D eigenvalue weighted by molar-refractivity contribution is 6.01. The molecule has 2 amide bonds. The average Bonchev–Trinajstić information content (AvgIpc) is 3.21. The van der Waals surface area contributed by atoms with Crippen molar-refractivity contribution in [2.24, 2.45) is 5.10 Å². The molecular weight excluding hydrogens is 420 g/mol. The Morgan fingerprint density at radius 3 is 2.79 bits per heavy atom. The Morgan fingerprint density at radius 1 is 1.18 bits per heavy atom. The molecule has 1 aromatic heterocycles. The molecule has 2 aromatic carbocycles. The maximum atomic E-state index is 13.7. The van der Waals surface area contributed by atoms with Crippen molar-refractivity contribution in [2.45, 2.75) is 25.8 Å². The molecule has 5 rings (SSSR count). The number of para-hydroxylation sites is 1. The molecule has 0 aliphatic carbocycles. The van der Waals surface area contributed by atoms with Gasteiger partial charge in [-0.3, -0.25) is 9.59 Å². The predicted octanol–water partition coefficient (Wildman–Crippen LogP) is 3.05. The Labute approximate surface area is 191 Å². The number of methoxy groups -OCH3 is 1. The van der Waals surface area contributed by atoms with E-state index in [1.54, 1.807) is 30.4 Å². The molecule has 0 unspecified atom stereocenters. The molecule has 3 heterocycles. The van der Waals surface area contributed by atoms with E-state index in [2.05, 4.69) is 10.1 Å². The van der Waals surface area contributed by atoms with Gasteiger partial charge in [-0.15, -0.1) is 0 Å². The lowest BCUT2D eigenvalue weighted by molar-refractivity contribution is -0.165. The molecule has 1 fully saturated rings. The van der Waals surface area contributed by atoms with Gasteiger partial charge < -0.3 is 19.4 Å². The fourth-order valence-corrected chi connectivity index (χ4v) is 4.86. The third-order valence-electron chi connectivity index (χ3n) is 6.50. The van der Waals surface area contributed by atoms with Gasteiger partial charge in [0, 0.05) is 17.4 Å². The van der Waals surface area contributed by atoms with Crippen LogP contribution in [0.1, 0.15) is 30.7 Å². The minimum absolute atomic E-state index is 0.0886. The largest absolute Gasteiger partial charge is 0.493 e. The van der Waals surface area contributed by atoms with E-state index in [1.807, 2.05) is 44.2 Å². The maximum Gasteiger partial charge on any atom is 0.275 e. The number of hydrazone groups is 1. The standard InChI is InChI=1S/C25H26N4O4/c1-4-33-20-10-9-16(13-21(20)32-3)14-26-29-15-22(30)28-12-11-18-17-7-5-6-8-19(17)27-23(18)25(28,2)24(29)31/h5-10,13-14,27H,4,11-12,15H2,1-3H3/b26-14+/t25-/m1/s1. The molecule has 8 heteroatoms. The molecule has 0 radical (unpaired) electrons. The second kappa shape index (κ2) is 7.95. The number of H-pyrrole nitrogens is 1. The molecule has 33 heavy (non-hydrogen) atoms. The highest BCUT2D eigenvalue weighted by atomic mass is 16.5. The predicted molar refractivity (Wildman–Crippen MR) is 125 cm³/mol. The van der Waals surface area contributed by atoms with Crippen LogP contribution < -0.4 is 9.47 Å². The van der Waals surface area contributed by atoms with Gasteiger partial charge in [-0.05, 0) is 55.7 Å². The maximum absolute atomic E-state index is 13.7. The number of nitrogens with zero attached hydrogens (tertiary/aromatic N) is 3. The fourth-order valence-electron chi connectivity index (χ4n) is 4.86. The van der Waals surface area contributed by atoms with Crippen LogP contribution in [0.2, 0.25) is 0 Å². The molecule has 1 saturated heterocycles. The minimum atomic E-state index is -1.13. The van der Waals surface area contributed by atoms with Crippen LogP contribution in [-0.2, 0) is 21.5 Å². The third-order valence-corrected chi connectivity index (χ3v) is 6.50. The summed E-state index contributed by atoms with van der Waals surface area (Å²) in [5.41, 5.74) is 2.44. The first-order valence-electron chi connectivity index (χ1n) is 11.0. The summed E-state index contributed by atoms with van der Waals surface area (Å²) in [7, 11) is 1.57. The van der Waals surface area contributed by atoms with Crippen molar-refractivity contribution >= 4 is 28.9 Å². The summed E-state index contributed by atoms with van der Waals surface area (Å²) in [6.45, 7) is 4.65. The van der Waals surface area contributed by atoms with Gasteiger partial charge in [0.25, 0.3) is 5.91 Å². The van der Waals surface area contributed by atoms with Gasteiger partial charge >= 0.3 is 0 Å². The molecule has 0 saturated carbocycles. The van der Waals surface area contributed by atoms with Crippen LogP contribution in [0.5, 0.6) is 11.5 Å². The Morgan fingerprint density at radius 2 is 2.00 bits per heavy atom. The van der Waals surface area contributed by atoms with Gasteiger partial charge in [0.2, 0.25) is 5.91 Å². The smallest absolute Gasteiger partial charge is 0.275 e. The zero-order chi connectivity index (χ0) is 23.2. The van der Waals surface area contributed by atoms with E-state index in [0.29, 0.717) is 31.1 Å². The monoisotopic (exact) mass is 446 g/mol. The van der Waals surface area contributed by atoms with Gasteiger partial charge in [-0.2, -0.15) is 5.10 Å². The Balaban J connectivity index is 1.49. The molecule has 1 atom stereocenters. The average molecular weight is 447 g/mol. The fraction of sp³-hybridized carbons (Fsp3) is 0.320. The summed E-state index contributed by atoms with van der Waals surface area (Å²) in [6, 6.07) is 13.4. The second-order valence-electron chi connectivity index (χ2n) is 8.34. The van der Waals surface area contributed by atoms with Crippen molar-refractivity contribution in [3.63, 3.8) is 0 Å². The van der Waals surface area contributed by atoms with Gasteiger partial charge in [0.05, 0.1) is 25.6 Å². The summed E-state index contributed by atoms with van der Waals surface area (Å²) in [4.78, 5) is 31.8. The molecule has 170 valence electrons. The van der Waals surface area contributed by atoms with E-state index >= 15 is 0 Å². The lowest BCUT2D eigenvalue weighted by Crippen LogP contribution is -2.65. The van der Waals surface area contributed by atoms with Crippen LogP contribution in [0.25, 0.3) is 10.9 Å². The summed E-state index contributed by atoms with van der Waals surface area (Å²) >= 11 is 0. The number of amides is 2. The molecule has 0 spiro atoms. The lowest BCUT2D eigenvalue weighted by atomic mass is 9.83. The number of carbonyl (C=O) groups is 2. The first kappa shape index (κ1) is 21.1. The van der Waals surface area contributed by atoms with Crippen molar-refractivity contribution in [3.8, 4) is 11.5 Å². The van der Waals surface area contributed by atoms with E-state index in [-0.39, 0.29) is 18.4 Å². The number of hydrogen-bond donors (Lipinski definition) is 1. The highest BCUT2D eigenvalue weighted by Gasteiger charge is 2.54. The van der Waals surface area contributed by atoms with E-state index < -0.39 is 5.54 Å². The summed E-state index contributed by atoms with van der Waals surface area (Å²) in [5, 5.41) is 6.76. The number of fused-ring (bicyclic) bond motifs is 5. The number of benzene rings is 2. The van der Waals surface area contributed by atoms with Crippen LogP contribution in [0.4, 0.5) is 0 Å². The zero-order valence-electron chi connectivity index (χ0n) is 18.9. The Hall–Kier alpha value is -3.81. The number of aromatic amines is 1. The zero-order valence-corrected chi connectivity index (χ0v) is 18.9. The number of hydrogen-bond acceptors (Lipinski definition) is 5. The van der Waals surface area contributed by atoms with Gasteiger partial charge in [0.15, 0.2) is 17.0 Å². The minimum Gasteiger partial charge on any atom is -0.493 e. The van der Waals surface area contributed by atoms with Crippen molar-refractivity contribution < 1.29 is 19.1 Å². The van der Waals surface area contributed by atoms with Crippen LogP contribution in [0.3, 0.4) is 0 Å². The number of rotatable bonds is 5. The molecule has 8 nitrogen and oxygen atoms in total. The number of piperazine rings is 1. The van der Waals surface area contributed by atoms with Crippen LogP contribution >= 0.6 is 0 Å². The third kappa shape index (κ3) is 3.25. The SMILES string of the molecule is CCOc1ccc(/C=N/N2CC(=O)N3CCc4c([nH]c5ccccc45)[C@]3(C)C2=O)cc1OC. The molecular formula is C25H26N4O4. The first-order valence-corrected chi connectivity index (χ1v) is 11.0. The molecule has 2 aliphatic rings. The van der Waals surface area contributed by atoms with Gasteiger partial charge in [-0.1, -0.05) is 18.2 Å². The number of nitrogens with one attached hydrogen (secondary N) is 1. The lowest BCUT2D eigenvalue weighted by Gasteiger charge is -2.48. The van der Waals surface area contributed by atoms with E-state index in [4.69, 9.17) is 9.47 Å². The van der Waals surface area contributed by atoms with Crippen molar-refractivity contribution in [3.05, 3.63) is 59.3 Å². The molecule has 2 aliphatic heterocycles. The Kier molecular flexibility index (Phi) is 5.08. The first-order chi connectivity index (χ1) is 16.0. The molecule has 0 bridgehead atoms. The summed E-state index contributed by atoms with van der Waals surface area (Å²) in [5.74, 6) is 0.861. The molecule has 1 N–H and O–H groups in total. The normalized spacial score (nSPS) is 20.3. The van der Waals surface area contributed by atoms with Crippen LogP contribution in [-0.4, -0.2) is 59.7 Å². The summed E-state index contributed by atoms with van der Waals surface area (Å²) in [6.07, 6.45) is 2.28. The van der Waals surface area contributed by atoms with Crippen molar-refractivity contribution in [2.75, 3.05) is 26.8 Å². The van der Waals surface area contributed by atoms with Gasteiger partial charge in [0.1, 0.15) is 6.54 Å². The summed E-state index contributed by atoms with van der Waals surface area (Å²) < 4.78 is 10.9. The number of ether oxygens (including phenoxy) is 2. The van der Waals surface area contributed by atoms with Crippen molar-refractivity contribution in [1.29, 1.82) is 0 Å². The van der Waals surface area contributed by atoms with E-state index in [9.17, 15) is 9.59 Å². The number of aromatic nitrogens is 1. The molecule has 3 aromatic rings. The van der Waals surface area contributed by atoms with E-state index in [0.717, 1.165) is 27.7 Å². The van der Waals surface area contributed by atoms with Crippen LogP contribution in [0.15, 0.2) is 47.6 Å². The van der Waals surface area contributed by atoms with Crippen LogP contribution in [0, 0.1) is 0 Å². The second-order valence-corrected chi connectivity index (χ2v) is 8.34. The van der Waals surface area contributed by atoms with Crippen molar-refractivity contribution in [1.82, 2.24) is 14.9 Å². The topological polar surface area (TPSA) is 87.2 Å².